The number of carboxylic acid groups (broad SMARTS) is 1. The Balaban J connectivity index is 0. The largest absolute Gasteiger partial charge is 0.480 e. The second-order valence-corrected chi connectivity index (χ2v) is 2.57. The number of hydrogen-bond acceptors (Lipinski definition) is 2. The van der Waals surface area contributed by atoms with Crippen LogP contribution in [0.15, 0.2) is 0 Å². The molecule has 3 nitrogen and oxygen atoms in total. The third-order valence-corrected chi connectivity index (χ3v) is 1.04. The van der Waals surface area contributed by atoms with Gasteiger partial charge in [0.1, 0.15) is 6.04 Å². The first-order valence-electron chi connectivity index (χ1n) is 3.02. The standard InChI is InChI=1S/C6H13NO2.BrH/c1-4(2)3-5(7)6(8)9;/h4-5H,3,7H2,1-2H3,(H,8,9);1H/t5-;/m0./s1. The maximum atomic E-state index is 10.1. The van der Waals surface area contributed by atoms with Gasteiger partial charge >= 0.3 is 5.97 Å². The van der Waals surface area contributed by atoms with Crippen LogP contribution in [0.5, 0.6) is 0 Å². The predicted octanol–water partition coefficient (Wildman–Crippen LogP) is 1.02. The Morgan fingerprint density at radius 1 is 1.60 bits per heavy atom. The van der Waals surface area contributed by atoms with Crippen molar-refractivity contribution in [2.45, 2.75) is 26.3 Å². The van der Waals surface area contributed by atoms with Gasteiger partial charge in [-0.1, -0.05) is 13.8 Å². The molecular weight excluding hydrogens is 198 g/mol. The van der Waals surface area contributed by atoms with E-state index in [1.807, 2.05) is 13.8 Å². The van der Waals surface area contributed by atoms with Crippen LogP contribution in [0.25, 0.3) is 0 Å². The zero-order valence-corrected chi connectivity index (χ0v) is 7.92. The fourth-order valence-electron chi connectivity index (χ4n) is 0.609. The van der Waals surface area contributed by atoms with Crippen molar-refractivity contribution in [2.24, 2.45) is 11.7 Å². The summed E-state index contributed by atoms with van der Waals surface area (Å²) < 4.78 is 0. The highest BCUT2D eigenvalue weighted by molar-refractivity contribution is 8.93. The summed E-state index contributed by atoms with van der Waals surface area (Å²) in [6.45, 7) is 3.89. The summed E-state index contributed by atoms with van der Waals surface area (Å²) in [6.07, 6.45) is 0.551. The van der Waals surface area contributed by atoms with Crippen molar-refractivity contribution in [2.75, 3.05) is 0 Å². The molecule has 0 aromatic rings. The normalized spacial score (nSPS) is 12.4. The van der Waals surface area contributed by atoms with E-state index in [1.165, 1.54) is 0 Å². The van der Waals surface area contributed by atoms with Crippen LogP contribution in [0, 0.1) is 5.92 Å². The molecule has 0 aliphatic heterocycles. The lowest BCUT2D eigenvalue weighted by atomic mass is 10.1. The van der Waals surface area contributed by atoms with Crippen LogP contribution in [0.2, 0.25) is 0 Å². The minimum atomic E-state index is -0.913. The van der Waals surface area contributed by atoms with Crippen molar-refractivity contribution >= 4 is 23.0 Å². The summed E-state index contributed by atoms with van der Waals surface area (Å²) in [5.74, 6) is -0.556. The second-order valence-electron chi connectivity index (χ2n) is 2.57. The van der Waals surface area contributed by atoms with Crippen LogP contribution < -0.4 is 5.73 Å². The molecule has 62 valence electrons. The first-order valence-corrected chi connectivity index (χ1v) is 3.02. The lowest BCUT2D eigenvalue weighted by Crippen LogP contribution is -2.31. The third kappa shape index (κ3) is 6.04. The fraction of sp³-hybridized carbons (Fsp3) is 0.833. The average molecular weight is 212 g/mol. The Hall–Kier alpha value is -0.0900. The summed E-state index contributed by atoms with van der Waals surface area (Å²) in [7, 11) is 0. The van der Waals surface area contributed by atoms with Gasteiger partial charge in [0.2, 0.25) is 0 Å². The average Bonchev–Trinajstić information content (AvgIpc) is 1.63. The molecule has 0 unspecified atom stereocenters. The molecule has 0 rings (SSSR count). The monoisotopic (exact) mass is 211 g/mol. The van der Waals surface area contributed by atoms with E-state index < -0.39 is 12.0 Å². The van der Waals surface area contributed by atoms with Crippen molar-refractivity contribution in [3.63, 3.8) is 0 Å². The highest BCUT2D eigenvalue weighted by Crippen LogP contribution is 2.01. The van der Waals surface area contributed by atoms with Crippen molar-refractivity contribution in [1.29, 1.82) is 0 Å². The zero-order chi connectivity index (χ0) is 7.44. The van der Waals surface area contributed by atoms with Crippen molar-refractivity contribution in [1.82, 2.24) is 0 Å². The molecule has 10 heavy (non-hydrogen) atoms. The molecule has 0 aliphatic carbocycles. The molecule has 4 heteroatoms. The lowest BCUT2D eigenvalue weighted by Gasteiger charge is -2.07. The van der Waals surface area contributed by atoms with Crippen LogP contribution in [0.4, 0.5) is 0 Å². The molecule has 0 aromatic carbocycles. The van der Waals surface area contributed by atoms with E-state index in [9.17, 15) is 4.79 Å². The maximum absolute atomic E-state index is 10.1. The van der Waals surface area contributed by atoms with Crippen molar-refractivity contribution < 1.29 is 9.90 Å². The molecule has 3 N–H and O–H groups in total. The summed E-state index contributed by atoms with van der Waals surface area (Å²) in [6, 6.07) is -0.690. The summed E-state index contributed by atoms with van der Waals surface area (Å²) in [4.78, 5) is 10.1. The third-order valence-electron chi connectivity index (χ3n) is 1.04. The lowest BCUT2D eigenvalue weighted by molar-refractivity contribution is -0.138. The fourth-order valence-corrected chi connectivity index (χ4v) is 0.609. The van der Waals surface area contributed by atoms with Crippen LogP contribution in [-0.2, 0) is 4.79 Å². The highest BCUT2D eigenvalue weighted by Gasteiger charge is 2.11. The van der Waals surface area contributed by atoms with Crippen LogP contribution in [0.1, 0.15) is 20.3 Å². The summed E-state index contributed by atoms with van der Waals surface area (Å²) in [5, 5.41) is 8.31. The van der Waals surface area contributed by atoms with E-state index in [1.54, 1.807) is 0 Å². The van der Waals surface area contributed by atoms with E-state index in [-0.39, 0.29) is 17.0 Å². The van der Waals surface area contributed by atoms with Crippen molar-refractivity contribution in [3.05, 3.63) is 0 Å². The molecule has 0 aliphatic rings. The Labute approximate surface area is 71.4 Å². The van der Waals surface area contributed by atoms with E-state index in [2.05, 4.69) is 0 Å². The van der Waals surface area contributed by atoms with Gasteiger partial charge in [-0.25, -0.2) is 0 Å². The molecule has 0 spiro atoms. The first-order chi connectivity index (χ1) is 4.04. The summed E-state index contributed by atoms with van der Waals surface area (Å²) in [5.41, 5.74) is 5.22. The number of rotatable bonds is 3. The van der Waals surface area contributed by atoms with Crippen LogP contribution in [-0.4, -0.2) is 17.1 Å². The molecule has 0 heterocycles. The number of aliphatic carboxylic acids is 1. The van der Waals surface area contributed by atoms with Crippen LogP contribution in [0.3, 0.4) is 0 Å². The molecule has 0 amide bonds. The molecule has 0 saturated carbocycles. The van der Waals surface area contributed by atoms with E-state index in [4.69, 9.17) is 10.8 Å². The van der Waals surface area contributed by atoms with Gasteiger partial charge in [0.25, 0.3) is 0 Å². The van der Waals surface area contributed by atoms with Gasteiger partial charge in [-0.05, 0) is 12.3 Å². The molecule has 0 radical (unpaired) electrons. The van der Waals surface area contributed by atoms with Gasteiger partial charge in [0, 0.05) is 0 Å². The van der Waals surface area contributed by atoms with Gasteiger partial charge in [0.15, 0.2) is 0 Å². The number of carbonyl (C=O) groups is 1. The molecule has 1 atom stereocenters. The smallest absolute Gasteiger partial charge is 0.320 e. The van der Waals surface area contributed by atoms with Gasteiger partial charge in [-0.15, -0.1) is 17.0 Å². The SMILES string of the molecule is Br.CC(C)C[C@H](N)C(=O)O. The Morgan fingerprint density at radius 3 is 2.10 bits per heavy atom. The van der Waals surface area contributed by atoms with Gasteiger partial charge in [0.05, 0.1) is 0 Å². The number of carboxylic acids is 1. The van der Waals surface area contributed by atoms with Crippen molar-refractivity contribution in [3.8, 4) is 0 Å². The zero-order valence-electron chi connectivity index (χ0n) is 6.20. The Morgan fingerprint density at radius 2 is 2.00 bits per heavy atom. The van der Waals surface area contributed by atoms with Gasteiger partial charge < -0.3 is 10.8 Å². The number of halogens is 1. The van der Waals surface area contributed by atoms with E-state index in [0.29, 0.717) is 12.3 Å². The summed E-state index contributed by atoms with van der Waals surface area (Å²) >= 11 is 0. The quantitative estimate of drug-likeness (QED) is 0.734. The Kier molecular flexibility index (Phi) is 7.14. The van der Waals surface area contributed by atoms with Crippen LogP contribution >= 0.6 is 17.0 Å². The molecule has 0 aromatic heterocycles. The highest BCUT2D eigenvalue weighted by atomic mass is 79.9. The van der Waals surface area contributed by atoms with Gasteiger partial charge in [-0.3, -0.25) is 4.79 Å². The number of nitrogens with two attached hydrogens (primary N) is 1. The molecule has 0 fully saturated rings. The second kappa shape index (κ2) is 5.68. The molecule has 0 saturated heterocycles. The number of hydrogen-bond donors (Lipinski definition) is 2. The first kappa shape index (κ1) is 12.6. The van der Waals surface area contributed by atoms with E-state index >= 15 is 0 Å². The van der Waals surface area contributed by atoms with E-state index in [0.717, 1.165) is 0 Å². The molecular formula is C6H14BrNO2. The topological polar surface area (TPSA) is 63.3 Å². The maximum Gasteiger partial charge on any atom is 0.320 e. The predicted molar refractivity (Wildman–Crippen MR) is 45.4 cm³/mol. The molecule has 0 bridgehead atoms. The van der Waals surface area contributed by atoms with Gasteiger partial charge in [-0.2, -0.15) is 0 Å². The minimum Gasteiger partial charge on any atom is -0.480 e. The minimum absolute atomic E-state index is 0. The Bertz CT molecular complexity index is 106.